The number of hydrogen-bond donors (Lipinski definition) is 1. The molecule has 0 radical (unpaired) electrons. The molecule has 1 fully saturated rings. The van der Waals surface area contributed by atoms with Gasteiger partial charge in [0.2, 0.25) is 10.0 Å². The van der Waals surface area contributed by atoms with Gasteiger partial charge >= 0.3 is 0 Å². The van der Waals surface area contributed by atoms with E-state index in [1.54, 1.807) is 0 Å². The minimum Gasteiger partial charge on any atom is -0.212 e. The van der Waals surface area contributed by atoms with Crippen LogP contribution in [0.25, 0.3) is 0 Å². The van der Waals surface area contributed by atoms with E-state index in [0.717, 1.165) is 19.3 Å². The minimum absolute atomic E-state index is 0.0357. The number of sulfonamides is 1. The van der Waals surface area contributed by atoms with Gasteiger partial charge in [-0.25, -0.2) is 13.1 Å². The van der Waals surface area contributed by atoms with Crippen molar-refractivity contribution >= 4 is 26.0 Å². The minimum atomic E-state index is -3.08. The summed E-state index contributed by atoms with van der Waals surface area (Å²) in [5, 5.41) is 0.688. The monoisotopic (exact) mass is 311 g/mol. The Morgan fingerprint density at radius 2 is 1.94 bits per heavy atom. The summed E-state index contributed by atoms with van der Waals surface area (Å²) in [7, 11) is -3.08. The van der Waals surface area contributed by atoms with Gasteiger partial charge in [0, 0.05) is 11.4 Å². The van der Waals surface area contributed by atoms with E-state index in [4.69, 9.17) is 0 Å². The first-order valence-corrected chi connectivity index (χ1v) is 8.90. The Morgan fingerprint density at radius 3 is 2.44 bits per heavy atom. The average Bonchev–Trinajstić information content (AvgIpc) is 2.26. The molecule has 16 heavy (non-hydrogen) atoms. The zero-order chi connectivity index (χ0) is 12.0. The van der Waals surface area contributed by atoms with Crippen molar-refractivity contribution < 1.29 is 8.42 Å². The second kappa shape index (κ2) is 6.97. The molecule has 0 heterocycles. The predicted octanol–water partition coefficient (Wildman–Crippen LogP) is 2.66. The van der Waals surface area contributed by atoms with Crippen molar-refractivity contribution in [3.8, 4) is 0 Å². The third kappa shape index (κ3) is 5.15. The van der Waals surface area contributed by atoms with Crippen molar-refractivity contribution in [1.29, 1.82) is 0 Å². The van der Waals surface area contributed by atoms with Gasteiger partial charge in [-0.3, -0.25) is 0 Å². The summed E-state index contributed by atoms with van der Waals surface area (Å²) in [6.45, 7) is 2.00. The van der Waals surface area contributed by atoms with E-state index >= 15 is 0 Å². The Balaban J connectivity index is 2.43. The second-order valence-corrected chi connectivity index (χ2v) is 7.11. The van der Waals surface area contributed by atoms with Crippen LogP contribution < -0.4 is 4.72 Å². The fourth-order valence-corrected chi connectivity index (χ4v) is 4.83. The maximum Gasteiger partial charge on any atom is 0.212 e. The Morgan fingerprint density at radius 1 is 1.31 bits per heavy atom. The molecule has 0 aromatic carbocycles. The first kappa shape index (κ1) is 14.5. The van der Waals surface area contributed by atoms with Gasteiger partial charge in [-0.05, 0) is 25.2 Å². The van der Waals surface area contributed by atoms with Crippen LogP contribution >= 0.6 is 15.9 Å². The van der Waals surface area contributed by atoms with E-state index in [1.807, 2.05) is 6.92 Å². The zero-order valence-corrected chi connectivity index (χ0v) is 12.3. The summed E-state index contributed by atoms with van der Waals surface area (Å²) < 4.78 is 26.6. The average molecular weight is 312 g/mol. The van der Waals surface area contributed by atoms with Gasteiger partial charge in [0.15, 0.2) is 0 Å². The number of hydrogen-bond acceptors (Lipinski definition) is 2. The quantitative estimate of drug-likeness (QED) is 0.767. The molecule has 3 nitrogen and oxygen atoms in total. The lowest BCUT2D eigenvalue weighted by molar-refractivity contribution is 0.383. The van der Waals surface area contributed by atoms with Crippen LogP contribution in [0.5, 0.6) is 0 Å². The Labute approximate surface area is 108 Å². The molecule has 0 aromatic heterocycles. The van der Waals surface area contributed by atoms with Crippen LogP contribution in [0.4, 0.5) is 0 Å². The summed E-state index contributed by atoms with van der Waals surface area (Å²) in [6.07, 6.45) is 6.63. The van der Waals surface area contributed by atoms with Crippen molar-refractivity contribution in [3.05, 3.63) is 0 Å². The molecule has 96 valence electrons. The molecule has 0 saturated heterocycles. The Kier molecular flexibility index (Phi) is 6.29. The Bertz CT molecular complexity index is 282. The van der Waals surface area contributed by atoms with Crippen LogP contribution in [-0.4, -0.2) is 25.5 Å². The molecule has 0 aliphatic heterocycles. The highest BCUT2D eigenvalue weighted by Crippen LogP contribution is 2.24. The summed E-state index contributed by atoms with van der Waals surface area (Å²) in [6, 6.07) is 0.0357. The lowest BCUT2D eigenvalue weighted by atomic mass is 9.91. The van der Waals surface area contributed by atoms with E-state index in [1.165, 1.54) is 19.3 Å². The number of alkyl halides is 1. The lowest BCUT2D eigenvalue weighted by Crippen LogP contribution is -2.38. The molecule has 1 saturated carbocycles. The van der Waals surface area contributed by atoms with Gasteiger partial charge < -0.3 is 0 Å². The van der Waals surface area contributed by atoms with Gasteiger partial charge in [-0.15, -0.1) is 0 Å². The smallest absolute Gasteiger partial charge is 0.212 e. The molecule has 1 rings (SSSR count). The van der Waals surface area contributed by atoms with E-state index in [9.17, 15) is 8.42 Å². The predicted molar refractivity (Wildman–Crippen MR) is 71.4 cm³/mol. The van der Waals surface area contributed by atoms with Gasteiger partial charge in [-0.2, -0.15) is 0 Å². The molecule has 0 amide bonds. The first-order valence-electron chi connectivity index (χ1n) is 6.13. The largest absolute Gasteiger partial charge is 0.212 e. The molecule has 1 aliphatic carbocycles. The van der Waals surface area contributed by atoms with Crippen molar-refractivity contribution in [1.82, 2.24) is 4.72 Å². The molecule has 5 heteroatoms. The summed E-state index contributed by atoms with van der Waals surface area (Å²) in [5.41, 5.74) is 0. The van der Waals surface area contributed by atoms with E-state index in [-0.39, 0.29) is 6.04 Å². The highest BCUT2D eigenvalue weighted by molar-refractivity contribution is 9.09. The van der Waals surface area contributed by atoms with Gasteiger partial charge in [-0.1, -0.05) is 42.1 Å². The van der Waals surface area contributed by atoms with Crippen LogP contribution in [0.15, 0.2) is 0 Å². The highest BCUT2D eigenvalue weighted by atomic mass is 79.9. The van der Waals surface area contributed by atoms with Crippen LogP contribution in [-0.2, 0) is 10.0 Å². The molecule has 1 N–H and O–H groups in total. The Hall–Kier alpha value is 0.390. The van der Waals surface area contributed by atoms with Crippen molar-refractivity contribution in [2.45, 2.75) is 51.5 Å². The van der Waals surface area contributed by atoms with Crippen molar-refractivity contribution in [2.75, 3.05) is 11.1 Å². The van der Waals surface area contributed by atoms with Gasteiger partial charge in [0.25, 0.3) is 0 Å². The van der Waals surface area contributed by atoms with E-state index in [0.29, 0.717) is 17.0 Å². The van der Waals surface area contributed by atoms with Crippen LogP contribution in [0.3, 0.4) is 0 Å². The molecule has 0 bridgehead atoms. The molecular formula is C11H22BrNO2S. The summed E-state index contributed by atoms with van der Waals surface area (Å²) >= 11 is 3.33. The van der Waals surface area contributed by atoms with Crippen LogP contribution in [0.2, 0.25) is 0 Å². The van der Waals surface area contributed by atoms with Crippen molar-refractivity contribution in [3.63, 3.8) is 0 Å². The topological polar surface area (TPSA) is 46.2 Å². The SMILES string of the molecule is CCC(CBr)NS(=O)(=O)CC1CCCCC1. The number of nitrogens with one attached hydrogen (secondary N) is 1. The molecular weight excluding hydrogens is 290 g/mol. The molecule has 1 unspecified atom stereocenters. The summed E-state index contributed by atoms with van der Waals surface area (Å²) in [4.78, 5) is 0. The zero-order valence-electron chi connectivity index (χ0n) is 9.91. The maximum atomic E-state index is 11.9. The van der Waals surface area contributed by atoms with E-state index in [2.05, 4.69) is 20.7 Å². The van der Waals surface area contributed by atoms with Crippen molar-refractivity contribution in [2.24, 2.45) is 5.92 Å². The van der Waals surface area contributed by atoms with E-state index < -0.39 is 10.0 Å². The molecule has 1 atom stereocenters. The lowest BCUT2D eigenvalue weighted by Gasteiger charge is -2.22. The second-order valence-electron chi connectivity index (χ2n) is 4.66. The number of halogens is 1. The van der Waals surface area contributed by atoms with Crippen LogP contribution in [0, 0.1) is 5.92 Å². The van der Waals surface area contributed by atoms with Crippen LogP contribution in [0.1, 0.15) is 45.4 Å². The standard InChI is InChI=1S/C11H22BrNO2S/c1-2-11(8-12)13-16(14,15)9-10-6-4-3-5-7-10/h10-11,13H,2-9H2,1H3. The fraction of sp³-hybridized carbons (Fsp3) is 1.00. The normalized spacial score (nSPS) is 20.9. The fourth-order valence-electron chi connectivity index (χ4n) is 2.19. The maximum absolute atomic E-state index is 11.9. The molecule has 0 aromatic rings. The third-order valence-electron chi connectivity index (χ3n) is 3.21. The molecule has 1 aliphatic rings. The van der Waals surface area contributed by atoms with Gasteiger partial charge in [0.05, 0.1) is 5.75 Å². The highest BCUT2D eigenvalue weighted by Gasteiger charge is 2.22. The first-order chi connectivity index (χ1) is 7.57. The molecule has 0 spiro atoms. The van der Waals surface area contributed by atoms with Gasteiger partial charge in [0.1, 0.15) is 0 Å². The number of rotatable bonds is 6. The third-order valence-corrected chi connectivity index (χ3v) is 5.59. The summed E-state index contributed by atoms with van der Waals surface area (Å²) in [5.74, 6) is 0.690.